The Balaban J connectivity index is 2.88. The maximum atomic E-state index is 9.29. The molecule has 1 aromatic heterocycles. The summed E-state index contributed by atoms with van der Waals surface area (Å²) in [5.74, 6) is 0.0522. The smallest absolute Gasteiger partial charge is 0.117 e. The number of nitriles is 2. The molecule has 0 fully saturated rings. The van der Waals surface area contributed by atoms with Gasteiger partial charge in [-0.3, -0.25) is 0 Å². The topological polar surface area (TPSA) is 67.8 Å². The first kappa shape index (κ1) is 8.55. The number of rotatable bonds is 0. The van der Waals surface area contributed by atoms with Crippen LogP contribution in [-0.4, -0.2) is 5.11 Å². The van der Waals surface area contributed by atoms with E-state index in [1.807, 2.05) is 12.1 Å². The lowest BCUT2D eigenvalue weighted by Crippen LogP contribution is -1.73. The van der Waals surface area contributed by atoms with Crippen molar-refractivity contribution < 1.29 is 5.11 Å². The number of nitrogens with zero attached hydrogens (tertiary/aromatic N) is 2. The molecule has 4 heteroatoms. The van der Waals surface area contributed by atoms with E-state index in [0.717, 1.165) is 10.1 Å². The molecule has 14 heavy (non-hydrogen) atoms. The van der Waals surface area contributed by atoms with Crippen molar-refractivity contribution in [3.8, 4) is 17.9 Å². The maximum absolute atomic E-state index is 9.29. The lowest BCUT2D eigenvalue weighted by atomic mass is 10.1. The summed E-state index contributed by atoms with van der Waals surface area (Å²) < 4.78 is 0.752. The van der Waals surface area contributed by atoms with Crippen LogP contribution < -0.4 is 0 Å². The largest absolute Gasteiger partial charge is 0.508 e. The summed E-state index contributed by atoms with van der Waals surface area (Å²) in [6, 6.07) is 8.62. The number of hydrogen-bond donors (Lipinski definition) is 1. The molecule has 66 valence electrons. The molecule has 0 saturated carbocycles. The molecular formula is C10H4N2OS. The van der Waals surface area contributed by atoms with Crippen LogP contribution in [-0.2, 0) is 0 Å². The zero-order valence-electron chi connectivity index (χ0n) is 6.98. The molecule has 1 aromatic carbocycles. The Morgan fingerprint density at radius 2 is 1.93 bits per heavy atom. The second kappa shape index (κ2) is 3.02. The van der Waals surface area contributed by atoms with Gasteiger partial charge in [-0.1, -0.05) is 0 Å². The minimum absolute atomic E-state index is 0.0522. The number of benzene rings is 1. The van der Waals surface area contributed by atoms with E-state index < -0.39 is 0 Å². The minimum Gasteiger partial charge on any atom is -0.508 e. The zero-order chi connectivity index (χ0) is 10.1. The van der Waals surface area contributed by atoms with Crippen molar-refractivity contribution in [2.24, 2.45) is 0 Å². The van der Waals surface area contributed by atoms with Crippen LogP contribution in [0.5, 0.6) is 5.75 Å². The van der Waals surface area contributed by atoms with Crippen molar-refractivity contribution in [3.63, 3.8) is 0 Å². The summed E-state index contributed by atoms with van der Waals surface area (Å²) in [6.45, 7) is 0. The number of thiophene rings is 1. The molecule has 0 aliphatic carbocycles. The number of fused-ring (bicyclic) bond motifs is 1. The Bertz CT molecular complexity index is 586. The summed E-state index contributed by atoms with van der Waals surface area (Å²) in [5.41, 5.74) is 0.409. The molecule has 0 atom stereocenters. The van der Waals surface area contributed by atoms with Crippen LogP contribution in [0.1, 0.15) is 10.4 Å². The molecule has 0 unspecified atom stereocenters. The second-order valence-corrected chi connectivity index (χ2v) is 3.80. The minimum atomic E-state index is 0.0522. The molecule has 0 aliphatic heterocycles. The van der Waals surface area contributed by atoms with Crippen LogP contribution in [0.3, 0.4) is 0 Å². The molecule has 2 aromatic rings. The van der Waals surface area contributed by atoms with Crippen LogP contribution in [0.25, 0.3) is 10.1 Å². The number of phenols is 1. The van der Waals surface area contributed by atoms with E-state index in [4.69, 9.17) is 10.5 Å². The van der Waals surface area contributed by atoms with E-state index in [-0.39, 0.29) is 5.75 Å². The molecule has 0 saturated heterocycles. The highest BCUT2D eigenvalue weighted by molar-refractivity contribution is 7.19. The molecule has 0 amide bonds. The van der Waals surface area contributed by atoms with E-state index in [0.29, 0.717) is 10.4 Å². The molecular weight excluding hydrogens is 196 g/mol. The van der Waals surface area contributed by atoms with Crippen molar-refractivity contribution in [2.75, 3.05) is 0 Å². The maximum Gasteiger partial charge on any atom is 0.117 e. The van der Waals surface area contributed by atoms with Crippen LogP contribution in [0.4, 0.5) is 0 Å². The Morgan fingerprint density at radius 1 is 1.14 bits per heavy atom. The van der Waals surface area contributed by atoms with Crippen LogP contribution in [0.15, 0.2) is 18.2 Å². The van der Waals surface area contributed by atoms with Crippen LogP contribution in [0.2, 0.25) is 0 Å². The monoisotopic (exact) mass is 200 g/mol. The first-order valence-electron chi connectivity index (χ1n) is 3.81. The predicted octanol–water partition coefficient (Wildman–Crippen LogP) is 2.35. The molecule has 0 bridgehead atoms. The van der Waals surface area contributed by atoms with Crippen molar-refractivity contribution >= 4 is 21.4 Å². The molecule has 1 heterocycles. The fraction of sp³-hybridized carbons (Fsp3) is 0. The summed E-state index contributed by atoms with van der Waals surface area (Å²) in [6.07, 6.45) is 0. The van der Waals surface area contributed by atoms with E-state index >= 15 is 0 Å². The molecule has 2 rings (SSSR count). The van der Waals surface area contributed by atoms with Crippen molar-refractivity contribution in [1.82, 2.24) is 0 Å². The van der Waals surface area contributed by atoms with Gasteiger partial charge in [0.2, 0.25) is 0 Å². The van der Waals surface area contributed by atoms with Gasteiger partial charge >= 0.3 is 0 Å². The van der Waals surface area contributed by atoms with Gasteiger partial charge in [0.25, 0.3) is 0 Å². The van der Waals surface area contributed by atoms with Gasteiger partial charge in [0.1, 0.15) is 22.8 Å². The van der Waals surface area contributed by atoms with Crippen molar-refractivity contribution in [1.29, 1.82) is 10.5 Å². The lowest BCUT2D eigenvalue weighted by molar-refractivity contribution is 0.476. The highest BCUT2D eigenvalue weighted by Crippen LogP contribution is 2.31. The molecule has 0 aliphatic rings. The summed E-state index contributed by atoms with van der Waals surface area (Å²) in [4.78, 5) is 0.544. The third-order valence-corrected chi connectivity index (χ3v) is 2.92. The zero-order valence-corrected chi connectivity index (χ0v) is 7.80. The lowest BCUT2D eigenvalue weighted by Gasteiger charge is -1.94. The summed E-state index contributed by atoms with van der Waals surface area (Å²) in [5, 5.41) is 27.5. The van der Waals surface area contributed by atoms with E-state index in [1.54, 1.807) is 12.1 Å². The van der Waals surface area contributed by atoms with Gasteiger partial charge in [-0.05, 0) is 23.6 Å². The van der Waals surface area contributed by atoms with Gasteiger partial charge in [0.05, 0.1) is 10.3 Å². The summed E-state index contributed by atoms with van der Waals surface area (Å²) in [7, 11) is 0. The third-order valence-electron chi connectivity index (χ3n) is 1.83. The highest BCUT2D eigenvalue weighted by atomic mass is 32.1. The SMILES string of the molecule is N#Cc1cc2cc(O)cc(C#N)c2s1. The highest BCUT2D eigenvalue weighted by Gasteiger charge is 2.07. The normalized spacial score (nSPS) is 9.57. The first-order valence-corrected chi connectivity index (χ1v) is 4.63. The Morgan fingerprint density at radius 3 is 2.57 bits per heavy atom. The Labute approximate surface area is 84.1 Å². The second-order valence-electron chi connectivity index (χ2n) is 2.75. The molecule has 0 spiro atoms. The fourth-order valence-corrected chi connectivity index (χ4v) is 2.18. The molecule has 1 N–H and O–H groups in total. The molecule has 3 nitrogen and oxygen atoms in total. The Hall–Kier alpha value is -2.04. The quantitative estimate of drug-likeness (QED) is 0.709. The van der Waals surface area contributed by atoms with E-state index in [2.05, 4.69) is 0 Å². The van der Waals surface area contributed by atoms with Gasteiger partial charge in [-0.25, -0.2) is 0 Å². The van der Waals surface area contributed by atoms with Gasteiger partial charge < -0.3 is 5.11 Å². The number of aromatic hydroxyl groups is 1. The number of phenolic OH excluding ortho intramolecular Hbond substituents is 1. The predicted molar refractivity (Wildman–Crippen MR) is 52.9 cm³/mol. The van der Waals surface area contributed by atoms with Crippen LogP contribution >= 0.6 is 11.3 Å². The standard InChI is InChI=1S/C10H4N2OS/c11-4-7-2-8(13)1-6-3-9(5-12)14-10(6)7/h1-3,13H. The van der Waals surface area contributed by atoms with Crippen molar-refractivity contribution in [3.05, 3.63) is 28.6 Å². The van der Waals surface area contributed by atoms with E-state index in [9.17, 15) is 5.11 Å². The molecule has 0 radical (unpaired) electrons. The van der Waals surface area contributed by atoms with Gasteiger partial charge in [-0.15, -0.1) is 11.3 Å². The fourth-order valence-electron chi connectivity index (χ4n) is 1.28. The first-order chi connectivity index (χ1) is 6.74. The van der Waals surface area contributed by atoms with Gasteiger partial charge in [-0.2, -0.15) is 10.5 Å². The van der Waals surface area contributed by atoms with Crippen molar-refractivity contribution in [2.45, 2.75) is 0 Å². The third kappa shape index (κ3) is 1.19. The average molecular weight is 200 g/mol. The Kier molecular flexibility index (Phi) is 1.85. The van der Waals surface area contributed by atoms with Gasteiger partial charge in [0, 0.05) is 0 Å². The summed E-state index contributed by atoms with van der Waals surface area (Å²) >= 11 is 1.26. The van der Waals surface area contributed by atoms with Crippen LogP contribution in [0, 0.1) is 22.7 Å². The number of hydrogen-bond acceptors (Lipinski definition) is 4. The van der Waals surface area contributed by atoms with E-state index in [1.165, 1.54) is 17.4 Å². The average Bonchev–Trinajstić information content (AvgIpc) is 2.59. The van der Waals surface area contributed by atoms with Gasteiger partial charge in [0.15, 0.2) is 0 Å².